The van der Waals surface area contributed by atoms with Gasteiger partial charge < -0.3 is 11.1 Å². The van der Waals surface area contributed by atoms with Crippen molar-refractivity contribution >= 4 is 27.7 Å². The van der Waals surface area contributed by atoms with Crippen molar-refractivity contribution in [3.8, 4) is 0 Å². The highest BCUT2D eigenvalue weighted by molar-refractivity contribution is 9.10. The monoisotopic (exact) mass is 258 g/mol. The number of hydrogen-bond acceptors (Lipinski definition) is 4. The van der Waals surface area contributed by atoms with Crippen LogP contribution in [0.1, 0.15) is 26.7 Å². The standard InChI is InChI=1S/C9H15BrN4/c1-3-6(4-2)12-8-5-7(10)13-9(11)14-8/h5-6H,3-4H2,1-2H3,(H3,11,12,13,14). The largest absolute Gasteiger partial charge is 0.368 e. The lowest BCUT2D eigenvalue weighted by molar-refractivity contribution is 0.668. The molecule has 0 radical (unpaired) electrons. The average Bonchev–Trinajstić information content (AvgIpc) is 2.12. The van der Waals surface area contributed by atoms with E-state index in [1.807, 2.05) is 6.07 Å². The summed E-state index contributed by atoms with van der Waals surface area (Å²) in [5, 5.41) is 3.30. The first-order valence-corrected chi connectivity index (χ1v) is 5.51. The van der Waals surface area contributed by atoms with E-state index >= 15 is 0 Å². The molecule has 4 nitrogen and oxygen atoms in total. The van der Waals surface area contributed by atoms with Crippen LogP contribution in [0.25, 0.3) is 0 Å². The van der Waals surface area contributed by atoms with E-state index in [0.717, 1.165) is 18.7 Å². The zero-order valence-corrected chi connectivity index (χ0v) is 10.0. The first kappa shape index (κ1) is 11.2. The molecule has 1 rings (SSSR count). The van der Waals surface area contributed by atoms with E-state index in [4.69, 9.17) is 5.73 Å². The Morgan fingerprint density at radius 3 is 2.57 bits per heavy atom. The number of aromatic nitrogens is 2. The Morgan fingerprint density at radius 1 is 1.43 bits per heavy atom. The summed E-state index contributed by atoms with van der Waals surface area (Å²) in [6.45, 7) is 4.28. The summed E-state index contributed by atoms with van der Waals surface area (Å²) < 4.78 is 0.707. The molecule has 0 aliphatic carbocycles. The molecule has 5 heteroatoms. The van der Waals surface area contributed by atoms with Crippen molar-refractivity contribution in [1.29, 1.82) is 0 Å². The molecule has 0 amide bonds. The second kappa shape index (κ2) is 5.14. The van der Waals surface area contributed by atoms with Crippen LogP contribution in [0, 0.1) is 0 Å². The van der Waals surface area contributed by atoms with Crippen molar-refractivity contribution in [3.05, 3.63) is 10.7 Å². The summed E-state index contributed by atoms with van der Waals surface area (Å²) in [4.78, 5) is 8.03. The van der Waals surface area contributed by atoms with Gasteiger partial charge in [0, 0.05) is 12.1 Å². The lowest BCUT2D eigenvalue weighted by Gasteiger charge is -2.15. The molecule has 0 aliphatic heterocycles. The third-order valence-corrected chi connectivity index (χ3v) is 2.46. The molecule has 1 aromatic rings. The van der Waals surface area contributed by atoms with Gasteiger partial charge in [0.1, 0.15) is 10.4 Å². The summed E-state index contributed by atoms with van der Waals surface area (Å²) in [7, 11) is 0. The minimum absolute atomic E-state index is 0.285. The van der Waals surface area contributed by atoms with Crippen LogP contribution in [0.4, 0.5) is 11.8 Å². The van der Waals surface area contributed by atoms with Gasteiger partial charge in [-0.25, -0.2) is 4.98 Å². The second-order valence-electron chi connectivity index (χ2n) is 3.09. The van der Waals surface area contributed by atoms with E-state index in [0.29, 0.717) is 10.6 Å². The van der Waals surface area contributed by atoms with Gasteiger partial charge in [0.05, 0.1) is 0 Å². The second-order valence-corrected chi connectivity index (χ2v) is 3.90. The van der Waals surface area contributed by atoms with Crippen LogP contribution in [-0.2, 0) is 0 Å². The van der Waals surface area contributed by atoms with Gasteiger partial charge in [-0.05, 0) is 28.8 Å². The van der Waals surface area contributed by atoms with E-state index in [-0.39, 0.29) is 5.95 Å². The predicted octanol–water partition coefficient (Wildman–Crippen LogP) is 2.42. The van der Waals surface area contributed by atoms with Crippen LogP contribution in [-0.4, -0.2) is 16.0 Å². The predicted molar refractivity (Wildman–Crippen MR) is 62.1 cm³/mol. The molecule has 0 fully saturated rings. The smallest absolute Gasteiger partial charge is 0.223 e. The van der Waals surface area contributed by atoms with Gasteiger partial charge in [-0.15, -0.1) is 0 Å². The van der Waals surface area contributed by atoms with Crippen LogP contribution in [0.15, 0.2) is 10.7 Å². The van der Waals surface area contributed by atoms with E-state index in [9.17, 15) is 0 Å². The first-order valence-electron chi connectivity index (χ1n) is 4.72. The number of nitrogens with one attached hydrogen (secondary N) is 1. The molecule has 0 bridgehead atoms. The third kappa shape index (κ3) is 3.14. The number of rotatable bonds is 4. The maximum absolute atomic E-state index is 5.53. The molecule has 1 heterocycles. The van der Waals surface area contributed by atoms with E-state index in [2.05, 4.69) is 45.1 Å². The van der Waals surface area contributed by atoms with Crippen molar-refractivity contribution in [2.24, 2.45) is 0 Å². The minimum atomic E-state index is 0.285. The molecule has 0 aromatic carbocycles. The number of halogens is 1. The number of anilines is 2. The lowest BCUT2D eigenvalue weighted by atomic mass is 10.2. The van der Waals surface area contributed by atoms with E-state index < -0.39 is 0 Å². The number of nitrogens with two attached hydrogens (primary N) is 1. The Morgan fingerprint density at radius 2 is 2.07 bits per heavy atom. The van der Waals surface area contributed by atoms with Gasteiger partial charge in [-0.1, -0.05) is 13.8 Å². The van der Waals surface area contributed by atoms with Crippen molar-refractivity contribution in [3.63, 3.8) is 0 Å². The molecule has 0 aliphatic rings. The molecule has 0 atom stereocenters. The average molecular weight is 259 g/mol. The summed E-state index contributed by atoms with van der Waals surface area (Å²) in [6, 6.07) is 2.27. The van der Waals surface area contributed by atoms with Crippen molar-refractivity contribution in [2.45, 2.75) is 32.7 Å². The molecule has 0 saturated carbocycles. The molecular weight excluding hydrogens is 244 g/mol. The van der Waals surface area contributed by atoms with Gasteiger partial charge >= 0.3 is 0 Å². The van der Waals surface area contributed by atoms with Gasteiger partial charge in [-0.3, -0.25) is 0 Å². The summed E-state index contributed by atoms with van der Waals surface area (Å²) >= 11 is 3.28. The fourth-order valence-electron chi connectivity index (χ4n) is 1.21. The van der Waals surface area contributed by atoms with E-state index in [1.54, 1.807) is 0 Å². The topological polar surface area (TPSA) is 63.8 Å². The van der Waals surface area contributed by atoms with Crippen LogP contribution in [0.3, 0.4) is 0 Å². The van der Waals surface area contributed by atoms with Gasteiger partial charge in [-0.2, -0.15) is 4.98 Å². The lowest BCUT2D eigenvalue weighted by Crippen LogP contribution is -2.18. The fourth-order valence-corrected chi connectivity index (χ4v) is 1.61. The SMILES string of the molecule is CCC(CC)Nc1cc(Br)nc(N)n1. The zero-order chi connectivity index (χ0) is 10.6. The highest BCUT2D eigenvalue weighted by Gasteiger charge is 2.05. The maximum atomic E-state index is 5.53. The molecule has 0 unspecified atom stereocenters. The van der Waals surface area contributed by atoms with Crippen LogP contribution < -0.4 is 11.1 Å². The van der Waals surface area contributed by atoms with Crippen LogP contribution in [0.5, 0.6) is 0 Å². The number of hydrogen-bond donors (Lipinski definition) is 2. The summed E-state index contributed by atoms with van der Waals surface area (Å²) in [6.07, 6.45) is 2.13. The molecule has 0 saturated heterocycles. The Balaban J connectivity index is 2.75. The zero-order valence-electron chi connectivity index (χ0n) is 8.42. The molecule has 78 valence electrons. The molecule has 0 spiro atoms. The minimum Gasteiger partial charge on any atom is -0.368 e. The van der Waals surface area contributed by atoms with Crippen molar-refractivity contribution < 1.29 is 0 Å². The molecular formula is C9H15BrN4. The fraction of sp³-hybridized carbons (Fsp3) is 0.556. The summed E-state index contributed by atoms with van der Waals surface area (Å²) in [5.41, 5.74) is 5.53. The Bertz CT molecular complexity index is 279. The van der Waals surface area contributed by atoms with Gasteiger partial charge in [0.2, 0.25) is 5.95 Å². The first-order chi connectivity index (χ1) is 6.65. The van der Waals surface area contributed by atoms with E-state index in [1.165, 1.54) is 0 Å². The maximum Gasteiger partial charge on any atom is 0.223 e. The molecule has 3 N–H and O–H groups in total. The normalized spacial score (nSPS) is 10.6. The van der Waals surface area contributed by atoms with Crippen LogP contribution in [0.2, 0.25) is 0 Å². The Kier molecular flexibility index (Phi) is 4.13. The highest BCUT2D eigenvalue weighted by atomic mass is 79.9. The summed E-state index contributed by atoms with van der Waals surface area (Å²) in [5.74, 6) is 1.06. The molecule has 14 heavy (non-hydrogen) atoms. The van der Waals surface area contributed by atoms with Gasteiger partial charge in [0.25, 0.3) is 0 Å². The number of nitrogens with zero attached hydrogens (tertiary/aromatic N) is 2. The van der Waals surface area contributed by atoms with Crippen molar-refractivity contribution in [1.82, 2.24) is 9.97 Å². The van der Waals surface area contributed by atoms with Crippen molar-refractivity contribution in [2.75, 3.05) is 11.1 Å². The number of nitrogen functional groups attached to an aromatic ring is 1. The Labute approximate surface area is 92.5 Å². The quantitative estimate of drug-likeness (QED) is 0.815. The van der Waals surface area contributed by atoms with Crippen LogP contribution >= 0.6 is 15.9 Å². The highest BCUT2D eigenvalue weighted by Crippen LogP contribution is 2.15. The molecule has 1 aromatic heterocycles. The Hall–Kier alpha value is -0.840. The van der Waals surface area contributed by atoms with Gasteiger partial charge in [0.15, 0.2) is 0 Å². The third-order valence-electron chi connectivity index (χ3n) is 2.05.